The summed E-state index contributed by atoms with van der Waals surface area (Å²) < 4.78 is 0. The van der Waals surface area contributed by atoms with Crippen molar-refractivity contribution >= 4 is 0 Å². The first-order valence-electron chi connectivity index (χ1n) is 3.68. The Balaban J connectivity index is 2.43. The van der Waals surface area contributed by atoms with E-state index in [-0.39, 0.29) is 6.61 Å². The zero-order valence-corrected chi connectivity index (χ0v) is 6.43. The average molecular weight is 138 g/mol. The largest absolute Gasteiger partial charge is 0.392 e. The van der Waals surface area contributed by atoms with Crippen molar-refractivity contribution < 1.29 is 5.11 Å². The molecule has 1 N–H and O–H groups in total. The third kappa shape index (κ3) is 1.48. The molecule has 1 heteroatoms. The van der Waals surface area contributed by atoms with Gasteiger partial charge >= 0.3 is 0 Å². The number of allylic oxidation sites excluding steroid dienone is 2. The van der Waals surface area contributed by atoms with Crippen molar-refractivity contribution in [2.24, 2.45) is 5.92 Å². The average Bonchev–Trinajstić information content (AvgIpc) is 2.34. The van der Waals surface area contributed by atoms with Crippen LogP contribution >= 0.6 is 0 Å². The van der Waals surface area contributed by atoms with Gasteiger partial charge in [0.25, 0.3) is 0 Å². The van der Waals surface area contributed by atoms with Gasteiger partial charge in [0.05, 0.1) is 6.61 Å². The first kappa shape index (κ1) is 7.55. The first-order valence-corrected chi connectivity index (χ1v) is 3.68. The minimum absolute atomic E-state index is 0.226. The highest BCUT2D eigenvalue weighted by Gasteiger charge is 2.15. The second-order valence-corrected chi connectivity index (χ2v) is 3.00. The first-order chi connectivity index (χ1) is 4.74. The third-order valence-electron chi connectivity index (χ3n) is 2.10. The molecule has 0 saturated carbocycles. The van der Waals surface area contributed by atoms with Crippen molar-refractivity contribution in [2.75, 3.05) is 6.61 Å². The van der Waals surface area contributed by atoms with Crippen molar-refractivity contribution in [3.05, 3.63) is 23.8 Å². The maximum absolute atomic E-state index is 8.77. The number of hydrogen-bond donors (Lipinski definition) is 1. The van der Waals surface area contributed by atoms with Crippen molar-refractivity contribution in [3.8, 4) is 0 Å². The van der Waals surface area contributed by atoms with Crippen LogP contribution in [0.25, 0.3) is 0 Å². The maximum Gasteiger partial charge on any atom is 0.0641 e. The molecular weight excluding hydrogens is 124 g/mol. The van der Waals surface area contributed by atoms with Gasteiger partial charge in [-0.25, -0.2) is 0 Å². The molecule has 0 saturated heterocycles. The van der Waals surface area contributed by atoms with Crippen LogP contribution in [0.4, 0.5) is 0 Å². The van der Waals surface area contributed by atoms with Crippen LogP contribution < -0.4 is 0 Å². The van der Waals surface area contributed by atoms with Crippen LogP contribution in [0.15, 0.2) is 23.8 Å². The fourth-order valence-electron chi connectivity index (χ4n) is 1.30. The van der Waals surface area contributed by atoms with Crippen LogP contribution in [-0.2, 0) is 0 Å². The topological polar surface area (TPSA) is 20.2 Å². The van der Waals surface area contributed by atoms with Gasteiger partial charge in [-0.15, -0.1) is 0 Å². The standard InChI is InChI=1S/C9H14O/c1-7(2)9-4-3-8(5-9)6-10/h3,9-10H,1,4-6H2,2H3/t9-/m1/s1. The van der Waals surface area contributed by atoms with E-state index in [1.165, 1.54) is 11.1 Å². The maximum atomic E-state index is 8.77. The molecule has 1 aliphatic rings. The zero-order chi connectivity index (χ0) is 7.56. The molecule has 1 rings (SSSR count). The molecule has 0 spiro atoms. The molecule has 10 heavy (non-hydrogen) atoms. The molecule has 0 bridgehead atoms. The highest BCUT2D eigenvalue weighted by molar-refractivity contribution is 5.16. The van der Waals surface area contributed by atoms with Gasteiger partial charge < -0.3 is 5.11 Å². The van der Waals surface area contributed by atoms with Gasteiger partial charge in [0.2, 0.25) is 0 Å². The monoisotopic (exact) mass is 138 g/mol. The predicted octanol–water partition coefficient (Wildman–Crippen LogP) is 1.89. The van der Waals surface area contributed by atoms with Crippen LogP contribution in [0.5, 0.6) is 0 Å². The second-order valence-electron chi connectivity index (χ2n) is 3.00. The van der Waals surface area contributed by atoms with Crippen molar-refractivity contribution in [2.45, 2.75) is 19.8 Å². The summed E-state index contributed by atoms with van der Waals surface area (Å²) in [5.41, 5.74) is 2.41. The summed E-state index contributed by atoms with van der Waals surface area (Å²) in [5, 5.41) is 8.77. The number of hydrogen-bond acceptors (Lipinski definition) is 1. The van der Waals surface area contributed by atoms with Crippen LogP contribution in [0.1, 0.15) is 19.8 Å². The Morgan fingerprint density at radius 1 is 1.90 bits per heavy atom. The van der Waals surface area contributed by atoms with Crippen LogP contribution in [-0.4, -0.2) is 11.7 Å². The molecule has 0 aliphatic heterocycles. The van der Waals surface area contributed by atoms with Gasteiger partial charge in [-0.1, -0.05) is 18.2 Å². The lowest BCUT2D eigenvalue weighted by Crippen LogP contribution is -1.96. The molecule has 0 unspecified atom stereocenters. The van der Waals surface area contributed by atoms with Crippen molar-refractivity contribution in [1.29, 1.82) is 0 Å². The molecule has 1 nitrogen and oxygen atoms in total. The number of rotatable bonds is 2. The molecule has 0 heterocycles. The summed E-state index contributed by atoms with van der Waals surface area (Å²) in [6, 6.07) is 0. The van der Waals surface area contributed by atoms with Crippen LogP contribution in [0.3, 0.4) is 0 Å². The van der Waals surface area contributed by atoms with E-state index in [0.717, 1.165) is 12.8 Å². The zero-order valence-electron chi connectivity index (χ0n) is 6.43. The smallest absolute Gasteiger partial charge is 0.0641 e. The molecule has 0 aromatic rings. The van der Waals surface area contributed by atoms with E-state index >= 15 is 0 Å². The van der Waals surface area contributed by atoms with Crippen LogP contribution in [0, 0.1) is 5.92 Å². The van der Waals surface area contributed by atoms with Gasteiger partial charge in [0, 0.05) is 0 Å². The molecule has 1 atom stereocenters. The molecule has 0 aromatic heterocycles. The van der Waals surface area contributed by atoms with Crippen molar-refractivity contribution in [1.82, 2.24) is 0 Å². The highest BCUT2D eigenvalue weighted by Crippen LogP contribution is 2.29. The molecular formula is C9H14O. The molecule has 0 aromatic carbocycles. The van der Waals surface area contributed by atoms with Crippen LogP contribution in [0.2, 0.25) is 0 Å². The van der Waals surface area contributed by atoms with Gasteiger partial charge in [-0.2, -0.15) is 0 Å². The van der Waals surface area contributed by atoms with E-state index in [2.05, 4.69) is 19.6 Å². The summed E-state index contributed by atoms with van der Waals surface area (Å²) in [6.07, 6.45) is 4.22. The van der Waals surface area contributed by atoms with Crippen molar-refractivity contribution in [3.63, 3.8) is 0 Å². The SMILES string of the molecule is C=C(C)[C@@H]1CC=C(CO)C1. The Kier molecular flexibility index (Phi) is 2.28. The summed E-state index contributed by atoms with van der Waals surface area (Å²) in [7, 11) is 0. The fourth-order valence-corrected chi connectivity index (χ4v) is 1.30. The molecule has 56 valence electrons. The quantitative estimate of drug-likeness (QED) is 0.578. The number of aliphatic hydroxyl groups is 1. The fraction of sp³-hybridized carbons (Fsp3) is 0.556. The molecule has 1 aliphatic carbocycles. The second kappa shape index (κ2) is 3.02. The normalized spacial score (nSPS) is 24.6. The predicted molar refractivity (Wildman–Crippen MR) is 42.7 cm³/mol. The molecule has 0 fully saturated rings. The molecule has 0 radical (unpaired) electrons. The third-order valence-corrected chi connectivity index (χ3v) is 2.10. The lowest BCUT2D eigenvalue weighted by molar-refractivity contribution is 0.326. The van der Waals surface area contributed by atoms with E-state index in [1.807, 2.05) is 0 Å². The Labute approximate surface area is 62.1 Å². The Morgan fingerprint density at radius 2 is 2.60 bits per heavy atom. The van der Waals surface area contributed by atoms with Gasteiger partial charge in [-0.3, -0.25) is 0 Å². The molecule has 0 amide bonds. The lowest BCUT2D eigenvalue weighted by Gasteiger charge is -2.07. The van der Waals surface area contributed by atoms with Gasteiger partial charge in [0.15, 0.2) is 0 Å². The highest BCUT2D eigenvalue weighted by atomic mass is 16.3. The minimum Gasteiger partial charge on any atom is -0.392 e. The Hall–Kier alpha value is -0.560. The summed E-state index contributed by atoms with van der Waals surface area (Å²) in [4.78, 5) is 0. The van der Waals surface area contributed by atoms with E-state index in [4.69, 9.17) is 5.11 Å². The van der Waals surface area contributed by atoms with E-state index < -0.39 is 0 Å². The van der Waals surface area contributed by atoms with E-state index in [9.17, 15) is 0 Å². The Bertz CT molecular complexity index is 168. The summed E-state index contributed by atoms with van der Waals surface area (Å²) >= 11 is 0. The van der Waals surface area contributed by atoms with Gasteiger partial charge in [0.1, 0.15) is 0 Å². The summed E-state index contributed by atoms with van der Waals surface area (Å²) in [5.74, 6) is 0.599. The summed E-state index contributed by atoms with van der Waals surface area (Å²) in [6.45, 7) is 6.17. The van der Waals surface area contributed by atoms with E-state index in [0.29, 0.717) is 5.92 Å². The van der Waals surface area contributed by atoms with Gasteiger partial charge in [-0.05, 0) is 31.3 Å². The Morgan fingerprint density at radius 3 is 2.90 bits per heavy atom. The lowest BCUT2D eigenvalue weighted by atomic mass is 9.98. The number of aliphatic hydroxyl groups excluding tert-OH is 1. The van der Waals surface area contributed by atoms with E-state index in [1.54, 1.807) is 0 Å². The minimum atomic E-state index is 0.226.